The first-order valence-electron chi connectivity index (χ1n) is 7.29. The molecular formula is C17H25NO2. The Labute approximate surface area is 122 Å². The lowest BCUT2D eigenvalue weighted by atomic mass is 10.1. The van der Waals surface area contributed by atoms with Crippen LogP contribution in [0.5, 0.6) is 0 Å². The van der Waals surface area contributed by atoms with E-state index in [-0.39, 0.29) is 0 Å². The lowest BCUT2D eigenvalue weighted by Crippen LogP contribution is -2.13. The second-order valence-corrected chi connectivity index (χ2v) is 5.07. The van der Waals surface area contributed by atoms with Gasteiger partial charge < -0.3 is 4.74 Å². The van der Waals surface area contributed by atoms with Gasteiger partial charge in [-0.15, -0.1) is 0 Å². The minimum absolute atomic E-state index is 0.322. The van der Waals surface area contributed by atoms with Crippen LogP contribution in [0.25, 0.3) is 0 Å². The molecule has 0 saturated carbocycles. The molecule has 1 amide bonds. The third-order valence-electron chi connectivity index (χ3n) is 2.92. The molecule has 0 radical (unpaired) electrons. The number of unbranched alkanes of at least 4 members (excludes halogenated alkanes) is 3. The van der Waals surface area contributed by atoms with Gasteiger partial charge in [-0.05, 0) is 49.9 Å². The molecule has 1 aromatic carbocycles. The second kappa shape index (κ2) is 9.18. The Morgan fingerprint density at radius 2 is 1.85 bits per heavy atom. The number of amides is 1. The molecule has 0 unspecified atom stereocenters. The van der Waals surface area contributed by atoms with Crippen LogP contribution in [0.4, 0.5) is 10.5 Å². The number of rotatable bonds is 7. The van der Waals surface area contributed by atoms with E-state index in [9.17, 15) is 4.79 Å². The number of anilines is 1. The van der Waals surface area contributed by atoms with Gasteiger partial charge in [0.1, 0.15) is 6.61 Å². The number of hydrogen-bond donors (Lipinski definition) is 1. The molecule has 1 aromatic rings. The van der Waals surface area contributed by atoms with Crippen LogP contribution < -0.4 is 5.32 Å². The number of ether oxygens (including phenoxy) is 1. The molecule has 1 N–H and O–H groups in total. The maximum absolute atomic E-state index is 11.6. The molecule has 0 aliphatic carbocycles. The Kier molecular flexibility index (Phi) is 7.48. The van der Waals surface area contributed by atoms with Gasteiger partial charge >= 0.3 is 6.09 Å². The zero-order valence-electron chi connectivity index (χ0n) is 12.7. The normalized spacial score (nSPS) is 10.8. The van der Waals surface area contributed by atoms with Crippen molar-refractivity contribution in [2.75, 3.05) is 11.9 Å². The monoisotopic (exact) mass is 275 g/mol. The van der Waals surface area contributed by atoms with E-state index in [0.29, 0.717) is 6.61 Å². The van der Waals surface area contributed by atoms with E-state index in [1.165, 1.54) is 19.3 Å². The van der Waals surface area contributed by atoms with Crippen LogP contribution in [0.2, 0.25) is 0 Å². The van der Waals surface area contributed by atoms with Gasteiger partial charge in [-0.1, -0.05) is 38.0 Å². The molecule has 110 valence electrons. The van der Waals surface area contributed by atoms with Crippen LogP contribution in [-0.4, -0.2) is 12.7 Å². The third kappa shape index (κ3) is 6.98. The first-order chi connectivity index (χ1) is 9.61. The predicted molar refractivity (Wildman–Crippen MR) is 84.2 cm³/mol. The highest BCUT2D eigenvalue weighted by Gasteiger charge is 2.02. The van der Waals surface area contributed by atoms with E-state index >= 15 is 0 Å². The number of benzene rings is 1. The lowest BCUT2D eigenvalue weighted by Gasteiger charge is -2.07. The molecule has 1 rings (SSSR count). The third-order valence-corrected chi connectivity index (χ3v) is 2.92. The van der Waals surface area contributed by atoms with E-state index < -0.39 is 6.09 Å². The van der Waals surface area contributed by atoms with Crippen LogP contribution >= 0.6 is 0 Å². The topological polar surface area (TPSA) is 38.3 Å². The van der Waals surface area contributed by atoms with E-state index in [4.69, 9.17) is 4.74 Å². The average Bonchev–Trinajstić information content (AvgIpc) is 2.36. The van der Waals surface area contributed by atoms with Crippen molar-refractivity contribution in [3.8, 4) is 0 Å². The minimum Gasteiger partial charge on any atom is -0.445 e. The summed E-state index contributed by atoms with van der Waals surface area (Å²) in [7, 11) is 0. The summed E-state index contributed by atoms with van der Waals surface area (Å²) in [4.78, 5) is 11.6. The largest absolute Gasteiger partial charge is 0.445 e. The second-order valence-electron chi connectivity index (χ2n) is 5.07. The SMILES string of the molecule is CCCCCC=CCOC(=O)Nc1cc(C)cc(C)c1. The molecule has 0 aromatic heterocycles. The van der Waals surface area contributed by atoms with Crippen molar-refractivity contribution in [1.82, 2.24) is 0 Å². The summed E-state index contributed by atoms with van der Waals surface area (Å²) < 4.78 is 5.10. The van der Waals surface area contributed by atoms with Gasteiger partial charge in [-0.25, -0.2) is 4.79 Å². The fourth-order valence-electron chi connectivity index (χ4n) is 2.02. The van der Waals surface area contributed by atoms with Crippen molar-refractivity contribution in [3.63, 3.8) is 0 Å². The maximum atomic E-state index is 11.6. The molecular weight excluding hydrogens is 250 g/mol. The fourth-order valence-corrected chi connectivity index (χ4v) is 2.02. The molecule has 0 saturated heterocycles. The van der Waals surface area contributed by atoms with Crippen molar-refractivity contribution in [2.45, 2.75) is 46.5 Å². The number of allylic oxidation sites excluding steroid dienone is 1. The standard InChI is InChI=1S/C17H25NO2/c1-4-5-6-7-8-9-10-20-17(19)18-16-12-14(2)11-15(3)13-16/h8-9,11-13H,4-7,10H2,1-3H3,(H,18,19). The van der Waals surface area contributed by atoms with Gasteiger partial charge in [0.15, 0.2) is 0 Å². The summed E-state index contributed by atoms with van der Waals surface area (Å²) in [5, 5.41) is 2.74. The van der Waals surface area contributed by atoms with Crippen LogP contribution in [0.15, 0.2) is 30.4 Å². The molecule has 0 fully saturated rings. The molecule has 0 aliphatic rings. The molecule has 0 heterocycles. The summed E-state index contributed by atoms with van der Waals surface area (Å²) in [6.07, 6.45) is 8.28. The molecule has 3 nitrogen and oxygen atoms in total. The smallest absolute Gasteiger partial charge is 0.411 e. The predicted octanol–water partition coefficient (Wildman–Crippen LogP) is 4.99. The summed E-state index contributed by atoms with van der Waals surface area (Å²) >= 11 is 0. The van der Waals surface area contributed by atoms with Gasteiger partial charge in [0.05, 0.1) is 0 Å². The van der Waals surface area contributed by atoms with E-state index in [1.807, 2.05) is 32.1 Å². The van der Waals surface area contributed by atoms with Crippen LogP contribution in [-0.2, 0) is 4.74 Å². The molecule has 0 bridgehead atoms. The first kappa shape index (κ1) is 16.3. The first-order valence-corrected chi connectivity index (χ1v) is 7.29. The zero-order valence-corrected chi connectivity index (χ0v) is 12.7. The van der Waals surface area contributed by atoms with Crippen molar-refractivity contribution in [2.24, 2.45) is 0 Å². The van der Waals surface area contributed by atoms with Crippen molar-refractivity contribution >= 4 is 11.8 Å². The van der Waals surface area contributed by atoms with E-state index in [2.05, 4.69) is 24.4 Å². The van der Waals surface area contributed by atoms with Crippen molar-refractivity contribution in [3.05, 3.63) is 41.5 Å². The van der Waals surface area contributed by atoms with Gasteiger partial charge in [-0.2, -0.15) is 0 Å². The fraction of sp³-hybridized carbons (Fsp3) is 0.471. The molecule has 20 heavy (non-hydrogen) atoms. The quantitative estimate of drug-likeness (QED) is 0.562. The highest BCUT2D eigenvalue weighted by Crippen LogP contribution is 2.13. The Hall–Kier alpha value is -1.77. The Morgan fingerprint density at radius 3 is 2.50 bits per heavy atom. The van der Waals surface area contributed by atoms with Crippen LogP contribution in [0.3, 0.4) is 0 Å². The number of nitrogens with one attached hydrogen (secondary N) is 1. The molecule has 0 spiro atoms. The minimum atomic E-state index is -0.409. The summed E-state index contributed by atoms with van der Waals surface area (Å²) in [6, 6.07) is 5.92. The molecule has 0 atom stereocenters. The number of carbonyl (C=O) groups excluding carboxylic acids is 1. The highest BCUT2D eigenvalue weighted by atomic mass is 16.5. The van der Waals surface area contributed by atoms with Crippen LogP contribution in [0.1, 0.15) is 43.7 Å². The van der Waals surface area contributed by atoms with Gasteiger partial charge in [0, 0.05) is 5.69 Å². The summed E-state index contributed by atoms with van der Waals surface area (Å²) in [5.74, 6) is 0. The maximum Gasteiger partial charge on any atom is 0.411 e. The van der Waals surface area contributed by atoms with Crippen molar-refractivity contribution in [1.29, 1.82) is 0 Å². The Balaban J connectivity index is 2.26. The van der Waals surface area contributed by atoms with Gasteiger partial charge in [0.2, 0.25) is 0 Å². The Morgan fingerprint density at radius 1 is 1.15 bits per heavy atom. The van der Waals surface area contributed by atoms with Gasteiger partial charge in [0.25, 0.3) is 0 Å². The van der Waals surface area contributed by atoms with Crippen molar-refractivity contribution < 1.29 is 9.53 Å². The molecule has 3 heteroatoms. The molecule has 0 aliphatic heterocycles. The number of hydrogen-bond acceptors (Lipinski definition) is 2. The van der Waals surface area contributed by atoms with Crippen LogP contribution in [0, 0.1) is 13.8 Å². The van der Waals surface area contributed by atoms with Gasteiger partial charge in [-0.3, -0.25) is 5.32 Å². The average molecular weight is 275 g/mol. The Bertz CT molecular complexity index is 432. The summed E-state index contributed by atoms with van der Waals surface area (Å²) in [5.41, 5.74) is 3.02. The van der Waals surface area contributed by atoms with E-state index in [0.717, 1.165) is 23.2 Å². The summed E-state index contributed by atoms with van der Waals surface area (Å²) in [6.45, 7) is 6.51. The lowest BCUT2D eigenvalue weighted by molar-refractivity contribution is 0.174. The number of carbonyl (C=O) groups is 1. The zero-order chi connectivity index (χ0) is 14.8. The highest BCUT2D eigenvalue weighted by molar-refractivity contribution is 5.84. The van der Waals surface area contributed by atoms with E-state index in [1.54, 1.807) is 0 Å². The number of aryl methyl sites for hydroxylation is 2.